The van der Waals surface area contributed by atoms with Gasteiger partial charge < -0.3 is 10.2 Å². The maximum absolute atomic E-state index is 10.9. The molecule has 0 saturated carbocycles. The van der Waals surface area contributed by atoms with E-state index in [0.29, 0.717) is 4.90 Å². The van der Waals surface area contributed by atoms with Gasteiger partial charge in [-0.1, -0.05) is 0 Å². The van der Waals surface area contributed by atoms with Crippen LogP contribution >= 0.6 is 34.4 Å². The number of thioether (sulfide) groups is 1. The molecule has 0 fully saturated rings. The van der Waals surface area contributed by atoms with Gasteiger partial charge in [0.2, 0.25) is 0 Å². The Hall–Kier alpha value is -0.760. The maximum Gasteiger partial charge on any atom is 0.336 e. The van der Waals surface area contributed by atoms with Gasteiger partial charge in [0.05, 0.1) is 11.3 Å². The fourth-order valence-electron chi connectivity index (χ4n) is 0.935. The first-order chi connectivity index (χ1) is 7.00. The Balaban J connectivity index is 2.95. The van der Waals surface area contributed by atoms with Gasteiger partial charge in [0.15, 0.2) is 0 Å². The standard InChI is InChI=1S/C9H7IO4S/c10-5-1-2-7(15-4-8(11)12)6(3-5)9(13)14/h1-3H,4H2,(H,11,12)(H,13,14). The predicted octanol–water partition coefficient (Wildman–Crippen LogP) is 2.17. The summed E-state index contributed by atoms with van der Waals surface area (Å²) in [5.41, 5.74) is 0.146. The molecule has 0 heterocycles. The molecular weight excluding hydrogens is 331 g/mol. The van der Waals surface area contributed by atoms with Gasteiger partial charge in [0, 0.05) is 8.47 Å². The highest BCUT2D eigenvalue weighted by Gasteiger charge is 2.11. The van der Waals surface area contributed by atoms with Gasteiger partial charge in [-0.3, -0.25) is 4.79 Å². The lowest BCUT2D eigenvalue weighted by Gasteiger charge is -2.04. The zero-order valence-electron chi connectivity index (χ0n) is 7.44. The van der Waals surface area contributed by atoms with Crippen LogP contribution in [0.5, 0.6) is 0 Å². The minimum Gasteiger partial charge on any atom is -0.481 e. The molecule has 1 aromatic carbocycles. The minimum absolute atomic E-state index is 0.138. The summed E-state index contributed by atoms with van der Waals surface area (Å²) < 4.78 is 0.810. The highest BCUT2D eigenvalue weighted by Crippen LogP contribution is 2.24. The number of carbonyl (C=O) groups is 2. The van der Waals surface area contributed by atoms with E-state index >= 15 is 0 Å². The van der Waals surface area contributed by atoms with Crippen molar-refractivity contribution >= 4 is 46.3 Å². The molecule has 6 heteroatoms. The minimum atomic E-state index is -1.04. The van der Waals surface area contributed by atoms with Crippen LogP contribution in [-0.2, 0) is 4.79 Å². The van der Waals surface area contributed by atoms with Crippen molar-refractivity contribution in [2.45, 2.75) is 4.90 Å². The second kappa shape index (κ2) is 5.36. The largest absolute Gasteiger partial charge is 0.481 e. The molecule has 15 heavy (non-hydrogen) atoms. The van der Waals surface area contributed by atoms with Crippen LogP contribution in [0.4, 0.5) is 0 Å². The summed E-state index contributed by atoms with van der Waals surface area (Å²) >= 11 is 3.02. The monoisotopic (exact) mass is 338 g/mol. The van der Waals surface area contributed by atoms with E-state index in [-0.39, 0.29) is 11.3 Å². The average molecular weight is 338 g/mol. The molecule has 2 N–H and O–H groups in total. The Labute approximate surface area is 104 Å². The average Bonchev–Trinajstić information content (AvgIpc) is 2.15. The fourth-order valence-corrected chi connectivity index (χ4v) is 2.17. The zero-order chi connectivity index (χ0) is 11.4. The first-order valence-corrected chi connectivity index (χ1v) is 5.94. The number of hydrogen-bond donors (Lipinski definition) is 2. The Morgan fingerprint density at radius 2 is 2.00 bits per heavy atom. The van der Waals surface area contributed by atoms with Crippen molar-refractivity contribution in [3.63, 3.8) is 0 Å². The molecule has 1 rings (SSSR count). The normalized spacial score (nSPS) is 9.93. The van der Waals surface area contributed by atoms with Crippen molar-refractivity contribution in [2.75, 3.05) is 5.75 Å². The van der Waals surface area contributed by atoms with Gasteiger partial charge in [-0.25, -0.2) is 4.79 Å². The van der Waals surface area contributed by atoms with Crippen LogP contribution in [-0.4, -0.2) is 27.9 Å². The molecule has 4 nitrogen and oxygen atoms in total. The predicted molar refractivity (Wildman–Crippen MR) is 64.5 cm³/mol. The molecule has 80 valence electrons. The van der Waals surface area contributed by atoms with Gasteiger partial charge in [0.25, 0.3) is 0 Å². The third-order valence-electron chi connectivity index (χ3n) is 1.52. The summed E-state index contributed by atoms with van der Waals surface area (Å²) in [4.78, 5) is 21.7. The van der Waals surface area contributed by atoms with E-state index in [1.807, 2.05) is 22.6 Å². The van der Waals surface area contributed by atoms with E-state index in [9.17, 15) is 9.59 Å². The molecule has 0 aliphatic rings. The molecule has 1 aromatic rings. The van der Waals surface area contributed by atoms with Crippen molar-refractivity contribution in [1.29, 1.82) is 0 Å². The Kier molecular flexibility index (Phi) is 4.40. The summed E-state index contributed by atoms with van der Waals surface area (Å²) in [6.45, 7) is 0. The molecule has 0 amide bonds. The fraction of sp³-hybridized carbons (Fsp3) is 0.111. The number of hydrogen-bond acceptors (Lipinski definition) is 3. The SMILES string of the molecule is O=C(O)CSc1ccc(I)cc1C(=O)O. The van der Waals surface area contributed by atoms with Crippen LogP contribution in [0.3, 0.4) is 0 Å². The quantitative estimate of drug-likeness (QED) is 0.650. The van der Waals surface area contributed by atoms with Crippen molar-refractivity contribution < 1.29 is 19.8 Å². The maximum atomic E-state index is 10.9. The summed E-state index contributed by atoms with van der Waals surface area (Å²) in [6.07, 6.45) is 0. The van der Waals surface area contributed by atoms with Crippen LogP contribution in [0.1, 0.15) is 10.4 Å². The third kappa shape index (κ3) is 3.71. The van der Waals surface area contributed by atoms with Gasteiger partial charge >= 0.3 is 11.9 Å². The Morgan fingerprint density at radius 1 is 1.33 bits per heavy atom. The van der Waals surface area contributed by atoms with Crippen molar-refractivity contribution in [3.05, 3.63) is 27.3 Å². The number of halogens is 1. The highest BCUT2D eigenvalue weighted by atomic mass is 127. The molecule has 0 aliphatic heterocycles. The molecule has 0 unspecified atom stereocenters. The first kappa shape index (κ1) is 12.3. The Bertz CT molecular complexity index is 405. The first-order valence-electron chi connectivity index (χ1n) is 3.88. The topological polar surface area (TPSA) is 74.6 Å². The third-order valence-corrected chi connectivity index (χ3v) is 3.25. The van der Waals surface area contributed by atoms with Crippen LogP contribution < -0.4 is 0 Å². The molecule has 0 aromatic heterocycles. The molecule has 0 atom stereocenters. The van der Waals surface area contributed by atoms with Gasteiger partial charge in [-0.05, 0) is 40.8 Å². The second-order valence-electron chi connectivity index (χ2n) is 2.63. The number of rotatable bonds is 4. The van der Waals surface area contributed by atoms with Crippen LogP contribution in [0.15, 0.2) is 23.1 Å². The van der Waals surface area contributed by atoms with Crippen molar-refractivity contribution in [2.24, 2.45) is 0 Å². The van der Waals surface area contributed by atoms with Crippen LogP contribution in [0, 0.1) is 3.57 Å². The molecule has 0 saturated heterocycles. The van der Waals surface area contributed by atoms with Crippen molar-refractivity contribution in [3.8, 4) is 0 Å². The molecule has 0 radical (unpaired) electrons. The summed E-state index contributed by atoms with van der Waals surface area (Å²) in [6, 6.07) is 4.89. The molecule has 0 bridgehead atoms. The summed E-state index contributed by atoms with van der Waals surface area (Å²) in [7, 11) is 0. The molecule has 0 spiro atoms. The summed E-state index contributed by atoms with van der Waals surface area (Å²) in [5.74, 6) is -2.14. The van der Waals surface area contributed by atoms with Gasteiger partial charge in [0.1, 0.15) is 0 Å². The number of aromatic carboxylic acids is 1. The number of aliphatic carboxylic acids is 1. The molecular formula is C9H7IO4S. The lowest BCUT2D eigenvalue weighted by atomic mass is 10.2. The van der Waals surface area contributed by atoms with E-state index in [1.54, 1.807) is 12.1 Å². The summed E-state index contributed by atoms with van der Waals surface area (Å²) in [5, 5.41) is 17.4. The van der Waals surface area contributed by atoms with E-state index < -0.39 is 11.9 Å². The van der Waals surface area contributed by atoms with Crippen LogP contribution in [0.25, 0.3) is 0 Å². The van der Waals surface area contributed by atoms with Gasteiger partial charge in [-0.15, -0.1) is 11.8 Å². The lowest BCUT2D eigenvalue weighted by Crippen LogP contribution is -2.02. The zero-order valence-corrected chi connectivity index (χ0v) is 10.4. The van der Waals surface area contributed by atoms with E-state index in [4.69, 9.17) is 10.2 Å². The highest BCUT2D eigenvalue weighted by molar-refractivity contribution is 14.1. The Morgan fingerprint density at radius 3 is 2.53 bits per heavy atom. The molecule has 0 aliphatic carbocycles. The second-order valence-corrected chi connectivity index (χ2v) is 4.89. The van der Waals surface area contributed by atoms with E-state index in [0.717, 1.165) is 15.3 Å². The van der Waals surface area contributed by atoms with E-state index in [1.165, 1.54) is 6.07 Å². The number of carboxylic acids is 2. The lowest BCUT2D eigenvalue weighted by molar-refractivity contribution is -0.133. The van der Waals surface area contributed by atoms with E-state index in [2.05, 4.69) is 0 Å². The number of carboxylic acid groups (broad SMARTS) is 2. The van der Waals surface area contributed by atoms with Gasteiger partial charge in [-0.2, -0.15) is 0 Å². The van der Waals surface area contributed by atoms with Crippen LogP contribution in [0.2, 0.25) is 0 Å². The smallest absolute Gasteiger partial charge is 0.336 e. The number of benzene rings is 1. The van der Waals surface area contributed by atoms with Crippen molar-refractivity contribution in [1.82, 2.24) is 0 Å².